The van der Waals surface area contributed by atoms with Crippen LogP contribution in [0.3, 0.4) is 0 Å². The Balaban J connectivity index is 1.24. The van der Waals surface area contributed by atoms with Gasteiger partial charge in [0, 0.05) is 24.9 Å². The summed E-state index contributed by atoms with van der Waals surface area (Å²) < 4.78 is 11.6. The van der Waals surface area contributed by atoms with Gasteiger partial charge in [0.15, 0.2) is 6.10 Å². The molecule has 25 heavy (non-hydrogen) atoms. The molecule has 6 nitrogen and oxygen atoms in total. The van der Waals surface area contributed by atoms with Crippen molar-refractivity contribution in [3.05, 3.63) is 48.4 Å². The van der Waals surface area contributed by atoms with Crippen LogP contribution in [0.1, 0.15) is 31.2 Å². The number of carbonyl (C=O) groups excluding carboxylic acids is 1. The fourth-order valence-electron chi connectivity index (χ4n) is 3.46. The summed E-state index contributed by atoms with van der Waals surface area (Å²) >= 11 is 0. The van der Waals surface area contributed by atoms with Gasteiger partial charge in [-0.2, -0.15) is 0 Å². The minimum atomic E-state index is -0.411. The van der Waals surface area contributed by atoms with Crippen LogP contribution in [-0.4, -0.2) is 34.1 Å². The lowest BCUT2D eigenvalue weighted by molar-refractivity contribution is -0.128. The maximum absolute atomic E-state index is 12.5. The molecule has 0 radical (unpaired) electrons. The van der Waals surface area contributed by atoms with Crippen LogP contribution in [0, 0.1) is 0 Å². The van der Waals surface area contributed by atoms with Gasteiger partial charge in [0.1, 0.15) is 11.9 Å². The predicted molar refractivity (Wildman–Crippen MR) is 91.4 cm³/mol. The molecule has 2 aromatic rings. The first-order chi connectivity index (χ1) is 12.3. The van der Waals surface area contributed by atoms with Crippen molar-refractivity contribution < 1.29 is 14.3 Å². The van der Waals surface area contributed by atoms with E-state index in [-0.39, 0.29) is 18.1 Å². The van der Waals surface area contributed by atoms with Crippen LogP contribution in [-0.2, 0) is 11.2 Å². The van der Waals surface area contributed by atoms with Crippen molar-refractivity contribution in [1.82, 2.24) is 15.3 Å². The Bertz CT molecular complexity index is 705. The Morgan fingerprint density at radius 3 is 2.76 bits per heavy atom. The van der Waals surface area contributed by atoms with Crippen molar-refractivity contribution in [2.24, 2.45) is 0 Å². The summed E-state index contributed by atoms with van der Waals surface area (Å²) in [4.78, 5) is 20.6. The fraction of sp³-hybridized carbons (Fsp3) is 0.421. The smallest absolute Gasteiger partial charge is 0.261 e. The van der Waals surface area contributed by atoms with Gasteiger partial charge in [0.25, 0.3) is 5.91 Å². The van der Waals surface area contributed by atoms with Crippen molar-refractivity contribution in [1.29, 1.82) is 0 Å². The first kappa shape index (κ1) is 15.9. The third kappa shape index (κ3) is 3.73. The molecule has 130 valence electrons. The molecule has 1 amide bonds. The number of benzene rings is 1. The Morgan fingerprint density at radius 1 is 1.16 bits per heavy atom. The van der Waals surface area contributed by atoms with E-state index in [2.05, 4.69) is 15.3 Å². The zero-order chi connectivity index (χ0) is 17.1. The zero-order valence-corrected chi connectivity index (χ0v) is 13.9. The van der Waals surface area contributed by atoms with E-state index >= 15 is 0 Å². The number of fused-ring (bicyclic) bond motifs is 1. The number of amides is 1. The first-order valence-electron chi connectivity index (χ1n) is 8.75. The molecule has 2 aliphatic rings. The van der Waals surface area contributed by atoms with E-state index < -0.39 is 6.10 Å². The third-order valence-electron chi connectivity index (χ3n) is 4.79. The van der Waals surface area contributed by atoms with Gasteiger partial charge in [0.2, 0.25) is 5.88 Å². The molecule has 1 aliphatic heterocycles. The number of hydrogen-bond acceptors (Lipinski definition) is 5. The van der Waals surface area contributed by atoms with Crippen molar-refractivity contribution >= 4 is 5.91 Å². The monoisotopic (exact) mass is 339 g/mol. The summed E-state index contributed by atoms with van der Waals surface area (Å²) in [5, 5.41) is 3.13. The van der Waals surface area contributed by atoms with Crippen molar-refractivity contribution in [3.8, 4) is 11.6 Å². The van der Waals surface area contributed by atoms with E-state index in [1.54, 1.807) is 18.6 Å². The standard InChI is InChI=1S/C19H21N3O3/c23-19(17-11-13-3-1-2-4-16(13)25-17)22-14-5-7-15(8-6-14)24-18-12-20-9-10-21-18/h1-4,9-10,12,14-15,17H,5-8,11H2,(H,22,23). The average Bonchev–Trinajstić information content (AvgIpc) is 3.09. The number of nitrogens with one attached hydrogen (secondary N) is 1. The Morgan fingerprint density at radius 2 is 2.00 bits per heavy atom. The van der Waals surface area contributed by atoms with E-state index in [0.29, 0.717) is 12.3 Å². The van der Waals surface area contributed by atoms with E-state index in [0.717, 1.165) is 37.0 Å². The lowest BCUT2D eigenvalue weighted by Crippen LogP contribution is -2.45. The van der Waals surface area contributed by atoms with Crippen molar-refractivity contribution in [3.63, 3.8) is 0 Å². The summed E-state index contributed by atoms with van der Waals surface area (Å²) in [7, 11) is 0. The summed E-state index contributed by atoms with van der Waals surface area (Å²) in [5.41, 5.74) is 1.10. The lowest BCUT2D eigenvalue weighted by atomic mass is 9.92. The number of hydrogen-bond donors (Lipinski definition) is 1. The molecule has 1 unspecified atom stereocenters. The quantitative estimate of drug-likeness (QED) is 0.925. The molecule has 0 spiro atoms. The van der Waals surface area contributed by atoms with Gasteiger partial charge < -0.3 is 14.8 Å². The highest BCUT2D eigenvalue weighted by atomic mass is 16.5. The number of para-hydroxylation sites is 1. The molecule has 1 aromatic carbocycles. The molecular weight excluding hydrogens is 318 g/mol. The topological polar surface area (TPSA) is 73.3 Å². The number of rotatable bonds is 4. The molecule has 1 saturated carbocycles. The predicted octanol–water partition coefficient (Wildman–Crippen LogP) is 2.29. The van der Waals surface area contributed by atoms with Gasteiger partial charge in [-0.1, -0.05) is 18.2 Å². The minimum absolute atomic E-state index is 0.0190. The van der Waals surface area contributed by atoms with Gasteiger partial charge in [-0.25, -0.2) is 4.98 Å². The number of ether oxygens (including phenoxy) is 2. The summed E-state index contributed by atoms with van der Waals surface area (Å²) in [6.45, 7) is 0. The third-order valence-corrected chi connectivity index (χ3v) is 4.79. The highest BCUT2D eigenvalue weighted by Crippen LogP contribution is 2.29. The largest absolute Gasteiger partial charge is 0.480 e. The lowest BCUT2D eigenvalue weighted by Gasteiger charge is -2.29. The van der Waals surface area contributed by atoms with E-state index in [4.69, 9.17) is 9.47 Å². The summed E-state index contributed by atoms with van der Waals surface area (Å²) in [6.07, 6.45) is 8.84. The van der Waals surface area contributed by atoms with Gasteiger partial charge in [0.05, 0.1) is 6.20 Å². The first-order valence-corrected chi connectivity index (χ1v) is 8.75. The van der Waals surface area contributed by atoms with Crippen LogP contribution in [0.5, 0.6) is 11.6 Å². The van der Waals surface area contributed by atoms with Crippen LogP contribution in [0.2, 0.25) is 0 Å². The second-order valence-electron chi connectivity index (χ2n) is 6.56. The summed E-state index contributed by atoms with van der Waals surface area (Å²) in [5.74, 6) is 1.37. The Hall–Kier alpha value is -2.63. The van der Waals surface area contributed by atoms with Crippen molar-refractivity contribution in [2.75, 3.05) is 0 Å². The van der Waals surface area contributed by atoms with Crippen LogP contribution >= 0.6 is 0 Å². The molecule has 4 rings (SSSR count). The highest BCUT2D eigenvalue weighted by Gasteiger charge is 2.31. The number of carbonyl (C=O) groups is 1. The summed E-state index contributed by atoms with van der Waals surface area (Å²) in [6, 6.07) is 8.01. The maximum Gasteiger partial charge on any atom is 0.261 e. The SMILES string of the molecule is O=C(NC1CCC(Oc2cnccn2)CC1)C1Cc2ccccc2O1. The van der Waals surface area contributed by atoms with Gasteiger partial charge >= 0.3 is 0 Å². The molecule has 1 fully saturated rings. The second kappa shape index (κ2) is 7.09. The molecule has 1 atom stereocenters. The Kier molecular flexibility index (Phi) is 4.50. The van der Waals surface area contributed by atoms with Crippen LogP contribution in [0.25, 0.3) is 0 Å². The molecule has 1 aliphatic carbocycles. The van der Waals surface area contributed by atoms with Crippen LogP contribution in [0.15, 0.2) is 42.9 Å². The van der Waals surface area contributed by atoms with Gasteiger partial charge in [-0.05, 0) is 37.3 Å². The number of nitrogens with zero attached hydrogens (tertiary/aromatic N) is 2. The highest BCUT2D eigenvalue weighted by molar-refractivity contribution is 5.82. The maximum atomic E-state index is 12.5. The molecule has 6 heteroatoms. The second-order valence-corrected chi connectivity index (χ2v) is 6.56. The molecule has 1 N–H and O–H groups in total. The minimum Gasteiger partial charge on any atom is -0.480 e. The molecule has 0 bridgehead atoms. The molecular formula is C19H21N3O3. The Labute approximate surface area is 146 Å². The van der Waals surface area contributed by atoms with E-state index in [1.807, 2.05) is 24.3 Å². The van der Waals surface area contributed by atoms with E-state index in [1.165, 1.54) is 0 Å². The molecule has 0 saturated heterocycles. The van der Waals surface area contributed by atoms with E-state index in [9.17, 15) is 4.79 Å². The van der Waals surface area contributed by atoms with Gasteiger partial charge in [-0.3, -0.25) is 9.78 Å². The van der Waals surface area contributed by atoms with Crippen LogP contribution < -0.4 is 14.8 Å². The molecule has 2 heterocycles. The average molecular weight is 339 g/mol. The zero-order valence-electron chi connectivity index (χ0n) is 13.9. The normalized spacial score (nSPS) is 24.9. The van der Waals surface area contributed by atoms with Gasteiger partial charge in [-0.15, -0.1) is 0 Å². The molecule has 1 aromatic heterocycles. The van der Waals surface area contributed by atoms with Crippen molar-refractivity contribution in [2.45, 2.75) is 50.4 Å². The fourth-order valence-corrected chi connectivity index (χ4v) is 3.46. The number of aromatic nitrogens is 2. The van der Waals surface area contributed by atoms with Crippen LogP contribution in [0.4, 0.5) is 0 Å².